The van der Waals surface area contributed by atoms with Gasteiger partial charge < -0.3 is 19.8 Å². The Balaban J connectivity index is 2.07. The van der Waals surface area contributed by atoms with Crippen LogP contribution in [0.5, 0.6) is 5.75 Å². The van der Waals surface area contributed by atoms with Gasteiger partial charge in [-0.1, -0.05) is 18.2 Å². The molecule has 1 aliphatic heterocycles. The van der Waals surface area contributed by atoms with E-state index < -0.39 is 5.60 Å². The minimum atomic E-state index is -0.472. The Labute approximate surface area is 118 Å². The summed E-state index contributed by atoms with van der Waals surface area (Å²) in [4.78, 5) is 14.0. The summed E-state index contributed by atoms with van der Waals surface area (Å²) in [6.07, 6.45) is -0.201. The van der Waals surface area contributed by atoms with Gasteiger partial charge in [-0.25, -0.2) is 0 Å². The second-order valence-corrected chi connectivity index (χ2v) is 5.76. The molecule has 0 radical (unpaired) electrons. The van der Waals surface area contributed by atoms with E-state index in [9.17, 15) is 15.0 Å². The molecule has 20 heavy (non-hydrogen) atoms. The average Bonchev–Trinajstić information content (AvgIpc) is 2.39. The van der Waals surface area contributed by atoms with Crippen LogP contribution < -0.4 is 0 Å². The number of nitrogens with zero attached hydrogens (tertiary/aromatic N) is 1. The largest absolute Gasteiger partial charge is 0.508 e. The lowest BCUT2D eigenvalue weighted by Crippen LogP contribution is -2.55. The minimum absolute atomic E-state index is 0.0682. The molecule has 110 valence electrons. The van der Waals surface area contributed by atoms with Gasteiger partial charge in [-0.2, -0.15) is 0 Å². The van der Waals surface area contributed by atoms with Gasteiger partial charge in [0, 0.05) is 18.7 Å². The lowest BCUT2D eigenvalue weighted by Gasteiger charge is -2.42. The van der Waals surface area contributed by atoms with Crippen molar-refractivity contribution in [2.75, 3.05) is 19.7 Å². The van der Waals surface area contributed by atoms with Crippen LogP contribution in [0, 0.1) is 0 Å². The van der Waals surface area contributed by atoms with E-state index >= 15 is 0 Å². The van der Waals surface area contributed by atoms with Crippen LogP contribution in [0.3, 0.4) is 0 Å². The van der Waals surface area contributed by atoms with Crippen molar-refractivity contribution < 1.29 is 19.7 Å². The first-order valence-electron chi connectivity index (χ1n) is 6.74. The SMILES string of the molecule is CC1(C)CN(C(=O)Cc2ccccc2O)CC(CO)O1. The monoisotopic (exact) mass is 279 g/mol. The van der Waals surface area contributed by atoms with Gasteiger partial charge in [0.05, 0.1) is 24.7 Å². The molecule has 1 aromatic rings. The number of para-hydroxylation sites is 1. The number of hydrogen-bond acceptors (Lipinski definition) is 4. The van der Waals surface area contributed by atoms with Crippen molar-refractivity contribution in [3.05, 3.63) is 29.8 Å². The van der Waals surface area contributed by atoms with Crippen molar-refractivity contribution in [2.45, 2.75) is 32.0 Å². The summed E-state index contributed by atoms with van der Waals surface area (Å²) < 4.78 is 5.68. The maximum atomic E-state index is 12.3. The van der Waals surface area contributed by atoms with Crippen LogP contribution >= 0.6 is 0 Å². The van der Waals surface area contributed by atoms with Crippen molar-refractivity contribution in [2.24, 2.45) is 0 Å². The Hall–Kier alpha value is -1.59. The molecule has 0 spiro atoms. The van der Waals surface area contributed by atoms with Gasteiger partial charge in [0.25, 0.3) is 0 Å². The molecule has 2 rings (SSSR count). The van der Waals surface area contributed by atoms with E-state index in [0.717, 1.165) is 0 Å². The highest BCUT2D eigenvalue weighted by atomic mass is 16.5. The molecule has 0 aromatic heterocycles. The molecule has 1 aromatic carbocycles. The summed E-state index contributed by atoms with van der Waals surface area (Å²) in [5, 5.41) is 19.0. The predicted molar refractivity (Wildman–Crippen MR) is 74.4 cm³/mol. The highest BCUT2D eigenvalue weighted by Gasteiger charge is 2.35. The third-order valence-corrected chi connectivity index (χ3v) is 3.37. The molecule has 1 heterocycles. The van der Waals surface area contributed by atoms with Gasteiger partial charge in [-0.3, -0.25) is 4.79 Å². The van der Waals surface area contributed by atoms with Crippen molar-refractivity contribution in [3.63, 3.8) is 0 Å². The molecule has 5 nitrogen and oxygen atoms in total. The maximum Gasteiger partial charge on any atom is 0.227 e. The molecule has 1 aliphatic rings. The van der Waals surface area contributed by atoms with Crippen LogP contribution in [-0.2, 0) is 16.0 Å². The summed E-state index contributed by atoms with van der Waals surface area (Å²) >= 11 is 0. The van der Waals surface area contributed by atoms with Gasteiger partial charge in [-0.05, 0) is 19.9 Å². The van der Waals surface area contributed by atoms with E-state index in [4.69, 9.17) is 4.74 Å². The molecule has 1 unspecified atom stereocenters. The molecule has 1 saturated heterocycles. The normalized spacial score (nSPS) is 21.8. The molecule has 0 bridgehead atoms. The van der Waals surface area contributed by atoms with Crippen molar-refractivity contribution in [1.29, 1.82) is 0 Å². The van der Waals surface area contributed by atoms with Crippen molar-refractivity contribution in [3.8, 4) is 5.75 Å². The number of carbonyl (C=O) groups is 1. The number of morpholine rings is 1. The fourth-order valence-electron chi connectivity index (χ4n) is 2.52. The Bertz CT molecular complexity index is 487. The molecule has 1 amide bonds. The summed E-state index contributed by atoms with van der Waals surface area (Å²) in [7, 11) is 0. The molecule has 1 fully saturated rings. The fraction of sp³-hybridized carbons (Fsp3) is 0.533. The number of phenolic OH excluding ortho intramolecular Hbond substituents is 1. The zero-order chi connectivity index (χ0) is 14.8. The first kappa shape index (κ1) is 14.8. The molecule has 5 heteroatoms. The molecule has 0 saturated carbocycles. The van der Waals surface area contributed by atoms with Crippen molar-refractivity contribution in [1.82, 2.24) is 4.90 Å². The quantitative estimate of drug-likeness (QED) is 0.863. The molecule has 1 atom stereocenters. The van der Waals surface area contributed by atoms with Crippen LogP contribution in [-0.4, -0.2) is 52.4 Å². The third kappa shape index (κ3) is 3.49. The highest BCUT2D eigenvalue weighted by molar-refractivity contribution is 5.79. The third-order valence-electron chi connectivity index (χ3n) is 3.37. The zero-order valence-electron chi connectivity index (χ0n) is 11.9. The van der Waals surface area contributed by atoms with E-state index in [1.807, 2.05) is 13.8 Å². The Kier molecular flexibility index (Phi) is 4.30. The number of carbonyl (C=O) groups excluding carboxylic acids is 1. The number of aliphatic hydroxyl groups excluding tert-OH is 1. The number of rotatable bonds is 3. The van der Waals surface area contributed by atoms with Gasteiger partial charge in [-0.15, -0.1) is 0 Å². The van der Waals surface area contributed by atoms with Crippen LogP contribution in [0.1, 0.15) is 19.4 Å². The van der Waals surface area contributed by atoms with Crippen molar-refractivity contribution >= 4 is 5.91 Å². The van der Waals surface area contributed by atoms with Gasteiger partial charge in [0.15, 0.2) is 0 Å². The topological polar surface area (TPSA) is 70.0 Å². The number of ether oxygens (including phenoxy) is 1. The first-order valence-corrected chi connectivity index (χ1v) is 6.74. The number of aromatic hydroxyl groups is 1. The number of amides is 1. The Morgan fingerprint density at radius 1 is 1.45 bits per heavy atom. The molecule has 2 N–H and O–H groups in total. The second-order valence-electron chi connectivity index (χ2n) is 5.76. The first-order chi connectivity index (χ1) is 9.41. The highest BCUT2D eigenvalue weighted by Crippen LogP contribution is 2.23. The smallest absolute Gasteiger partial charge is 0.227 e. The van der Waals surface area contributed by atoms with Crippen LogP contribution in [0.2, 0.25) is 0 Å². The maximum absolute atomic E-state index is 12.3. The fourth-order valence-corrected chi connectivity index (χ4v) is 2.52. The predicted octanol–water partition coefficient (Wildman–Crippen LogP) is 0.933. The Morgan fingerprint density at radius 2 is 2.15 bits per heavy atom. The van der Waals surface area contributed by atoms with Crippen LogP contribution in [0.4, 0.5) is 0 Å². The summed E-state index contributed by atoms with van der Waals surface area (Å²) in [6.45, 7) is 4.55. The number of hydrogen-bond donors (Lipinski definition) is 2. The lowest BCUT2D eigenvalue weighted by atomic mass is 10.0. The number of phenols is 1. The molecular weight excluding hydrogens is 258 g/mol. The average molecular weight is 279 g/mol. The van der Waals surface area contributed by atoms with Crippen LogP contribution in [0.25, 0.3) is 0 Å². The van der Waals surface area contributed by atoms with E-state index in [0.29, 0.717) is 18.7 Å². The van der Waals surface area contributed by atoms with Gasteiger partial charge >= 0.3 is 0 Å². The summed E-state index contributed by atoms with van der Waals surface area (Å²) in [6, 6.07) is 6.83. The number of benzene rings is 1. The minimum Gasteiger partial charge on any atom is -0.508 e. The van der Waals surface area contributed by atoms with E-state index in [2.05, 4.69) is 0 Å². The molecule has 0 aliphatic carbocycles. The van der Waals surface area contributed by atoms with Gasteiger partial charge in [0.1, 0.15) is 5.75 Å². The lowest BCUT2D eigenvalue weighted by molar-refractivity contribution is -0.166. The summed E-state index contributed by atoms with van der Waals surface area (Å²) in [5.41, 5.74) is 0.141. The standard InChI is InChI=1S/C15H21NO4/c1-15(2)10-16(8-12(9-17)20-15)14(19)7-11-5-3-4-6-13(11)18/h3-6,12,17-18H,7-10H2,1-2H3. The van der Waals surface area contributed by atoms with E-state index in [-0.39, 0.29) is 30.8 Å². The Morgan fingerprint density at radius 3 is 2.80 bits per heavy atom. The van der Waals surface area contributed by atoms with Crippen LogP contribution in [0.15, 0.2) is 24.3 Å². The summed E-state index contributed by atoms with van der Waals surface area (Å²) in [5.74, 6) is 0.0633. The zero-order valence-corrected chi connectivity index (χ0v) is 11.9. The van der Waals surface area contributed by atoms with E-state index in [1.54, 1.807) is 29.2 Å². The molecular formula is C15H21NO4. The second kappa shape index (κ2) is 5.81. The van der Waals surface area contributed by atoms with E-state index in [1.165, 1.54) is 0 Å². The van der Waals surface area contributed by atoms with Gasteiger partial charge in [0.2, 0.25) is 5.91 Å². The number of aliphatic hydroxyl groups is 1.